The maximum Gasteiger partial charge on any atom is 0.328 e. The Hall–Kier alpha value is -2.40. The maximum absolute atomic E-state index is 12.0. The van der Waals surface area contributed by atoms with E-state index in [2.05, 4.69) is 5.32 Å². The fourth-order valence-electron chi connectivity index (χ4n) is 1.64. The second-order valence-corrected chi connectivity index (χ2v) is 4.96. The normalized spacial score (nSPS) is 10.7. The summed E-state index contributed by atoms with van der Waals surface area (Å²) in [5.41, 5.74) is 3.06. The Labute approximate surface area is 120 Å². The van der Waals surface area contributed by atoms with Crippen molar-refractivity contribution in [3.8, 4) is 0 Å². The fourth-order valence-corrected chi connectivity index (χ4v) is 2.46. The summed E-state index contributed by atoms with van der Waals surface area (Å²) in [7, 11) is 0. The smallest absolute Gasteiger partial charge is 0.328 e. The second kappa shape index (κ2) is 6.16. The number of rotatable bonds is 4. The van der Waals surface area contributed by atoms with Gasteiger partial charge in [-0.15, -0.1) is 0 Å². The minimum Gasteiger partial charge on any atom is -0.478 e. The third kappa shape index (κ3) is 3.55. The molecule has 0 unspecified atom stereocenters. The standard InChI is InChI=1S/C15H13NO3S/c1-10-8-20-9-13(10)15(19)16-12-5-2-11(3-6-12)4-7-14(17)18/h2-9H,1H3,(H,16,19)(H,17,18)/b7-4+. The molecule has 0 radical (unpaired) electrons. The summed E-state index contributed by atoms with van der Waals surface area (Å²) < 4.78 is 0. The molecule has 2 aromatic rings. The lowest BCUT2D eigenvalue weighted by molar-refractivity contribution is -0.131. The first-order valence-electron chi connectivity index (χ1n) is 5.91. The van der Waals surface area contributed by atoms with E-state index in [1.165, 1.54) is 17.4 Å². The first kappa shape index (κ1) is 14.0. The fraction of sp³-hybridized carbons (Fsp3) is 0.0667. The van der Waals surface area contributed by atoms with E-state index in [4.69, 9.17) is 5.11 Å². The lowest BCUT2D eigenvalue weighted by atomic mass is 10.1. The van der Waals surface area contributed by atoms with Gasteiger partial charge in [-0.05, 0) is 41.6 Å². The van der Waals surface area contributed by atoms with Crippen LogP contribution >= 0.6 is 11.3 Å². The number of amides is 1. The quantitative estimate of drug-likeness (QED) is 0.847. The lowest BCUT2D eigenvalue weighted by Crippen LogP contribution is -2.11. The van der Waals surface area contributed by atoms with Gasteiger partial charge in [0.1, 0.15) is 0 Å². The number of hydrogen-bond donors (Lipinski definition) is 2. The Balaban J connectivity index is 2.06. The van der Waals surface area contributed by atoms with Crippen molar-refractivity contribution < 1.29 is 14.7 Å². The molecular formula is C15H13NO3S. The van der Waals surface area contributed by atoms with Crippen LogP contribution in [-0.4, -0.2) is 17.0 Å². The summed E-state index contributed by atoms with van der Waals surface area (Å²) in [6, 6.07) is 6.97. The van der Waals surface area contributed by atoms with Crippen molar-refractivity contribution in [2.24, 2.45) is 0 Å². The Bertz CT molecular complexity index is 656. The SMILES string of the molecule is Cc1cscc1C(=O)Nc1ccc(/C=C/C(=O)O)cc1. The highest BCUT2D eigenvalue weighted by Crippen LogP contribution is 2.17. The Kier molecular flexibility index (Phi) is 4.32. The number of hydrogen-bond acceptors (Lipinski definition) is 3. The van der Waals surface area contributed by atoms with Crippen LogP contribution in [0.4, 0.5) is 5.69 Å². The van der Waals surface area contributed by atoms with Crippen LogP contribution in [0.1, 0.15) is 21.5 Å². The van der Waals surface area contributed by atoms with Crippen molar-refractivity contribution in [3.05, 3.63) is 57.8 Å². The zero-order valence-corrected chi connectivity index (χ0v) is 11.6. The van der Waals surface area contributed by atoms with Gasteiger partial charge in [0.25, 0.3) is 5.91 Å². The number of carbonyl (C=O) groups excluding carboxylic acids is 1. The van der Waals surface area contributed by atoms with Gasteiger partial charge in [0, 0.05) is 17.1 Å². The topological polar surface area (TPSA) is 66.4 Å². The van der Waals surface area contributed by atoms with Crippen molar-refractivity contribution in [2.75, 3.05) is 5.32 Å². The molecule has 4 nitrogen and oxygen atoms in total. The summed E-state index contributed by atoms with van der Waals surface area (Å²) in [5, 5.41) is 15.1. The average molecular weight is 287 g/mol. The van der Waals surface area contributed by atoms with Gasteiger partial charge in [-0.2, -0.15) is 11.3 Å². The first-order chi connectivity index (χ1) is 9.56. The van der Waals surface area contributed by atoms with Crippen molar-refractivity contribution in [1.29, 1.82) is 0 Å². The minimum atomic E-state index is -0.990. The Morgan fingerprint density at radius 1 is 1.20 bits per heavy atom. The van der Waals surface area contributed by atoms with E-state index in [0.717, 1.165) is 17.2 Å². The van der Waals surface area contributed by atoms with Gasteiger partial charge in [-0.25, -0.2) is 4.79 Å². The summed E-state index contributed by atoms with van der Waals surface area (Å²) in [6.07, 6.45) is 2.57. The van der Waals surface area contributed by atoms with E-state index in [1.54, 1.807) is 24.3 Å². The van der Waals surface area contributed by atoms with Crippen molar-refractivity contribution in [2.45, 2.75) is 6.92 Å². The van der Waals surface area contributed by atoms with Crippen LogP contribution < -0.4 is 5.32 Å². The molecule has 0 saturated heterocycles. The highest BCUT2D eigenvalue weighted by Gasteiger charge is 2.09. The summed E-state index contributed by atoms with van der Waals surface area (Å²) >= 11 is 1.49. The zero-order valence-electron chi connectivity index (χ0n) is 10.8. The van der Waals surface area contributed by atoms with Crippen LogP contribution in [0.25, 0.3) is 6.08 Å². The average Bonchev–Trinajstić information content (AvgIpc) is 2.84. The van der Waals surface area contributed by atoms with E-state index in [0.29, 0.717) is 11.3 Å². The molecule has 0 aliphatic heterocycles. The van der Waals surface area contributed by atoms with Crippen LogP contribution in [0, 0.1) is 6.92 Å². The molecule has 0 bridgehead atoms. The summed E-state index contributed by atoms with van der Waals surface area (Å²) in [4.78, 5) is 22.4. The van der Waals surface area contributed by atoms with E-state index < -0.39 is 5.97 Å². The molecule has 0 fully saturated rings. The number of aliphatic carboxylic acids is 1. The van der Waals surface area contributed by atoms with Crippen LogP contribution in [0.5, 0.6) is 0 Å². The number of carboxylic acid groups (broad SMARTS) is 1. The van der Waals surface area contributed by atoms with Crippen LogP contribution in [-0.2, 0) is 4.79 Å². The molecule has 0 atom stereocenters. The highest BCUT2D eigenvalue weighted by molar-refractivity contribution is 7.08. The van der Waals surface area contributed by atoms with Gasteiger partial charge in [0.05, 0.1) is 5.56 Å². The second-order valence-electron chi connectivity index (χ2n) is 4.22. The first-order valence-corrected chi connectivity index (χ1v) is 6.86. The largest absolute Gasteiger partial charge is 0.478 e. The number of thiophene rings is 1. The number of benzene rings is 1. The van der Waals surface area contributed by atoms with Crippen molar-refractivity contribution in [3.63, 3.8) is 0 Å². The molecule has 20 heavy (non-hydrogen) atoms. The van der Waals surface area contributed by atoms with E-state index in [1.807, 2.05) is 17.7 Å². The molecule has 2 rings (SSSR count). The molecular weight excluding hydrogens is 274 g/mol. The molecule has 102 valence electrons. The number of carbonyl (C=O) groups is 2. The van der Waals surface area contributed by atoms with Gasteiger partial charge in [0.15, 0.2) is 0 Å². The van der Waals surface area contributed by atoms with Gasteiger partial charge in [-0.3, -0.25) is 4.79 Å². The molecule has 1 amide bonds. The highest BCUT2D eigenvalue weighted by atomic mass is 32.1. The minimum absolute atomic E-state index is 0.141. The van der Waals surface area contributed by atoms with Crippen molar-refractivity contribution >= 4 is 35.0 Å². The van der Waals surface area contributed by atoms with E-state index in [9.17, 15) is 9.59 Å². The molecule has 0 saturated carbocycles. The monoisotopic (exact) mass is 287 g/mol. The third-order valence-electron chi connectivity index (χ3n) is 2.69. The van der Waals surface area contributed by atoms with Crippen LogP contribution in [0.3, 0.4) is 0 Å². The molecule has 0 aliphatic carbocycles. The Morgan fingerprint density at radius 3 is 2.45 bits per heavy atom. The van der Waals surface area contributed by atoms with Crippen LogP contribution in [0.2, 0.25) is 0 Å². The molecule has 5 heteroatoms. The third-order valence-corrected chi connectivity index (χ3v) is 3.55. The number of anilines is 1. The molecule has 2 N–H and O–H groups in total. The Morgan fingerprint density at radius 2 is 1.90 bits per heavy atom. The predicted molar refractivity (Wildman–Crippen MR) is 80.1 cm³/mol. The molecule has 0 spiro atoms. The molecule has 1 aromatic carbocycles. The van der Waals surface area contributed by atoms with Gasteiger partial charge in [-0.1, -0.05) is 12.1 Å². The molecule has 0 aliphatic rings. The number of nitrogens with one attached hydrogen (secondary N) is 1. The molecule has 1 aromatic heterocycles. The van der Waals surface area contributed by atoms with E-state index in [-0.39, 0.29) is 5.91 Å². The zero-order chi connectivity index (χ0) is 14.5. The maximum atomic E-state index is 12.0. The van der Waals surface area contributed by atoms with Gasteiger partial charge >= 0.3 is 5.97 Å². The van der Waals surface area contributed by atoms with Crippen LogP contribution in [0.15, 0.2) is 41.1 Å². The number of aryl methyl sites for hydroxylation is 1. The molecule has 1 heterocycles. The summed E-state index contributed by atoms with van der Waals surface area (Å²) in [5.74, 6) is -1.13. The van der Waals surface area contributed by atoms with Gasteiger partial charge in [0.2, 0.25) is 0 Å². The van der Waals surface area contributed by atoms with E-state index >= 15 is 0 Å². The van der Waals surface area contributed by atoms with Gasteiger partial charge < -0.3 is 10.4 Å². The lowest BCUT2D eigenvalue weighted by Gasteiger charge is -2.05. The van der Waals surface area contributed by atoms with Crippen molar-refractivity contribution in [1.82, 2.24) is 0 Å². The number of carboxylic acids is 1. The summed E-state index contributed by atoms with van der Waals surface area (Å²) in [6.45, 7) is 1.89. The predicted octanol–water partition coefficient (Wildman–Crippen LogP) is 3.41.